The van der Waals surface area contributed by atoms with E-state index in [1.807, 2.05) is 20.8 Å². The average Bonchev–Trinajstić information content (AvgIpc) is 3.21. The van der Waals surface area contributed by atoms with Gasteiger partial charge in [0.15, 0.2) is 0 Å². The van der Waals surface area contributed by atoms with Crippen LogP contribution in [0.4, 0.5) is 4.79 Å². The van der Waals surface area contributed by atoms with Gasteiger partial charge in [-0.15, -0.1) is 0 Å². The number of nitrogens with one attached hydrogen (secondary N) is 1. The summed E-state index contributed by atoms with van der Waals surface area (Å²) in [5.74, 6) is 0. The summed E-state index contributed by atoms with van der Waals surface area (Å²) in [6.45, 7) is 14.3. The Kier molecular flexibility index (Phi) is 6.98. The zero-order chi connectivity index (χ0) is 25.3. The number of amides is 1. The van der Waals surface area contributed by atoms with E-state index in [0.717, 1.165) is 17.7 Å². The van der Waals surface area contributed by atoms with Gasteiger partial charge in [0.1, 0.15) is 5.60 Å². The number of ether oxygens (including phenoxy) is 1. The van der Waals surface area contributed by atoms with E-state index < -0.39 is 13.9 Å². The highest BCUT2D eigenvalue weighted by molar-refractivity contribution is 6.99. The minimum atomic E-state index is -2.61. The van der Waals surface area contributed by atoms with E-state index in [1.54, 1.807) is 4.90 Å². The first kappa shape index (κ1) is 25.3. The summed E-state index contributed by atoms with van der Waals surface area (Å²) in [6.07, 6.45) is 0.530. The first-order valence-corrected chi connectivity index (χ1v) is 14.3. The Morgan fingerprint density at radius 3 is 2.03 bits per heavy atom. The molecule has 186 valence electrons. The van der Waals surface area contributed by atoms with Crippen molar-refractivity contribution in [1.29, 1.82) is 0 Å². The number of nitrogens with zero attached hydrogens (tertiary/aromatic N) is 1. The van der Waals surface area contributed by atoms with Gasteiger partial charge in [-0.3, -0.25) is 0 Å². The topological polar surface area (TPSA) is 54.6 Å². The highest BCUT2D eigenvalue weighted by Gasteiger charge is 2.50. The molecule has 1 amide bonds. The Bertz CT molecular complexity index is 1100. The van der Waals surface area contributed by atoms with E-state index in [1.165, 1.54) is 16.1 Å². The van der Waals surface area contributed by atoms with Gasteiger partial charge in [-0.2, -0.15) is 0 Å². The van der Waals surface area contributed by atoms with Crippen LogP contribution < -0.4 is 10.4 Å². The van der Waals surface area contributed by atoms with E-state index >= 15 is 0 Å². The molecule has 35 heavy (non-hydrogen) atoms. The fraction of sp³-hybridized carbons (Fsp3) is 0.414. The fourth-order valence-corrected chi connectivity index (χ4v) is 9.54. The standard InChI is InChI=1S/C29H38N2O3Si/c1-28(2,3)34-27(32)31-18-17-26-22(20-31)19-23(30-26)21-33-35(29(4,5)6,24-13-9-7-10-14-24)25-15-11-8-12-16-25/h7-16,19,30H,17-18,20-21H2,1-6H3. The maximum absolute atomic E-state index is 12.6. The molecule has 0 atom stereocenters. The number of hydrogen-bond donors (Lipinski definition) is 1. The van der Waals surface area contributed by atoms with Crippen molar-refractivity contribution in [3.05, 3.63) is 83.7 Å². The molecule has 6 heteroatoms. The number of rotatable bonds is 5. The van der Waals surface area contributed by atoms with Crippen LogP contribution in [0.5, 0.6) is 0 Å². The van der Waals surface area contributed by atoms with Crippen molar-refractivity contribution in [3.63, 3.8) is 0 Å². The van der Waals surface area contributed by atoms with Crippen molar-refractivity contribution in [2.45, 2.75) is 71.8 Å². The number of aromatic nitrogens is 1. The van der Waals surface area contributed by atoms with Crippen LogP contribution in [0.25, 0.3) is 0 Å². The predicted octanol–water partition coefficient (Wildman–Crippen LogP) is 5.38. The number of H-pyrrole nitrogens is 1. The van der Waals surface area contributed by atoms with Gasteiger partial charge in [0, 0.05) is 24.4 Å². The molecule has 1 aliphatic heterocycles. The molecular weight excluding hydrogens is 452 g/mol. The minimum absolute atomic E-state index is 0.0740. The highest BCUT2D eigenvalue weighted by atomic mass is 28.4. The molecule has 0 saturated heterocycles. The van der Waals surface area contributed by atoms with Gasteiger partial charge in [0.25, 0.3) is 8.32 Å². The van der Waals surface area contributed by atoms with Crippen LogP contribution >= 0.6 is 0 Å². The van der Waals surface area contributed by atoms with Crippen LogP contribution in [0, 0.1) is 0 Å². The molecule has 1 aliphatic rings. The molecule has 0 radical (unpaired) electrons. The summed E-state index contributed by atoms with van der Waals surface area (Å²) in [5, 5.41) is 2.47. The molecule has 0 fully saturated rings. The summed E-state index contributed by atoms with van der Waals surface area (Å²) in [6, 6.07) is 23.5. The van der Waals surface area contributed by atoms with Crippen LogP contribution in [0.15, 0.2) is 66.7 Å². The van der Waals surface area contributed by atoms with Crippen LogP contribution in [-0.2, 0) is 28.7 Å². The van der Waals surface area contributed by atoms with Crippen LogP contribution in [0.1, 0.15) is 58.5 Å². The second-order valence-electron chi connectivity index (χ2n) is 11.4. The van der Waals surface area contributed by atoms with Crippen molar-refractivity contribution in [2.24, 2.45) is 0 Å². The Hall–Kier alpha value is -2.83. The number of carbonyl (C=O) groups is 1. The average molecular weight is 491 g/mol. The van der Waals surface area contributed by atoms with Gasteiger partial charge in [-0.25, -0.2) is 4.79 Å². The van der Waals surface area contributed by atoms with E-state index in [2.05, 4.69) is 92.5 Å². The lowest BCUT2D eigenvalue weighted by molar-refractivity contribution is 0.0223. The highest BCUT2D eigenvalue weighted by Crippen LogP contribution is 2.37. The fourth-order valence-electron chi connectivity index (χ4n) is 5.01. The molecule has 3 aromatic rings. The Balaban J connectivity index is 1.60. The lowest BCUT2D eigenvalue weighted by Gasteiger charge is -2.43. The summed E-state index contributed by atoms with van der Waals surface area (Å²) in [4.78, 5) is 18.0. The van der Waals surface area contributed by atoms with Crippen molar-refractivity contribution in [2.75, 3.05) is 6.54 Å². The predicted molar refractivity (Wildman–Crippen MR) is 144 cm³/mol. The quantitative estimate of drug-likeness (QED) is 0.488. The molecule has 0 aliphatic carbocycles. The molecule has 2 heterocycles. The lowest BCUT2D eigenvalue weighted by atomic mass is 10.1. The zero-order valence-corrected chi connectivity index (χ0v) is 22.9. The number of carbonyl (C=O) groups excluding carboxylic acids is 1. The Morgan fingerprint density at radius 1 is 0.943 bits per heavy atom. The third-order valence-electron chi connectivity index (χ3n) is 6.55. The Morgan fingerprint density at radius 2 is 1.51 bits per heavy atom. The molecule has 2 aromatic carbocycles. The Labute approximate surface area is 210 Å². The zero-order valence-electron chi connectivity index (χ0n) is 21.9. The second kappa shape index (κ2) is 9.67. The lowest BCUT2D eigenvalue weighted by Crippen LogP contribution is -2.66. The summed E-state index contributed by atoms with van der Waals surface area (Å²) < 4.78 is 12.7. The molecule has 0 bridgehead atoms. The maximum Gasteiger partial charge on any atom is 0.410 e. The van der Waals surface area contributed by atoms with Crippen molar-refractivity contribution < 1.29 is 14.0 Å². The summed E-state index contributed by atoms with van der Waals surface area (Å²) >= 11 is 0. The van der Waals surface area contributed by atoms with E-state index in [9.17, 15) is 4.79 Å². The first-order chi connectivity index (χ1) is 16.5. The normalized spacial score (nSPS) is 14.5. The largest absolute Gasteiger partial charge is 0.444 e. The monoisotopic (exact) mass is 490 g/mol. The van der Waals surface area contributed by atoms with Gasteiger partial charge in [0.2, 0.25) is 0 Å². The SMILES string of the molecule is CC(C)(C)OC(=O)N1CCc2[nH]c(CO[Si](c3ccccc3)(c3ccccc3)C(C)(C)C)cc2C1. The van der Waals surface area contributed by atoms with Gasteiger partial charge in [-0.05, 0) is 47.8 Å². The van der Waals surface area contributed by atoms with Crippen LogP contribution in [-0.4, -0.2) is 36.4 Å². The summed E-state index contributed by atoms with van der Waals surface area (Å²) in [7, 11) is -2.61. The smallest absolute Gasteiger partial charge is 0.410 e. The van der Waals surface area contributed by atoms with Gasteiger partial charge >= 0.3 is 6.09 Å². The molecule has 4 rings (SSSR count). The first-order valence-electron chi connectivity index (χ1n) is 12.4. The van der Waals surface area contributed by atoms with Crippen LogP contribution in [0.3, 0.4) is 0 Å². The molecule has 1 N–H and O–H groups in total. The number of aromatic amines is 1. The number of hydrogen-bond acceptors (Lipinski definition) is 3. The van der Waals surface area contributed by atoms with Gasteiger partial charge in [-0.1, -0.05) is 81.4 Å². The van der Waals surface area contributed by atoms with Crippen LogP contribution in [0.2, 0.25) is 5.04 Å². The van der Waals surface area contributed by atoms with Gasteiger partial charge in [0.05, 0.1) is 13.2 Å². The third-order valence-corrected chi connectivity index (χ3v) is 11.5. The van der Waals surface area contributed by atoms with Gasteiger partial charge < -0.3 is 19.0 Å². The molecule has 5 nitrogen and oxygen atoms in total. The minimum Gasteiger partial charge on any atom is -0.444 e. The van der Waals surface area contributed by atoms with Crippen molar-refractivity contribution in [3.8, 4) is 0 Å². The van der Waals surface area contributed by atoms with E-state index in [4.69, 9.17) is 9.16 Å². The second-order valence-corrected chi connectivity index (χ2v) is 15.7. The molecule has 0 unspecified atom stereocenters. The van der Waals surface area contributed by atoms with E-state index in [0.29, 0.717) is 19.7 Å². The molecule has 0 saturated carbocycles. The molecule has 1 aromatic heterocycles. The molecular formula is C29H38N2O3Si. The maximum atomic E-state index is 12.6. The number of benzene rings is 2. The summed E-state index contributed by atoms with van der Waals surface area (Å²) in [5.41, 5.74) is 2.88. The molecule has 0 spiro atoms. The van der Waals surface area contributed by atoms with Crippen molar-refractivity contribution >= 4 is 24.8 Å². The number of fused-ring (bicyclic) bond motifs is 1. The third kappa shape index (κ3) is 5.39. The van der Waals surface area contributed by atoms with E-state index in [-0.39, 0.29) is 11.1 Å². The van der Waals surface area contributed by atoms with Crippen molar-refractivity contribution in [1.82, 2.24) is 9.88 Å².